The van der Waals surface area contributed by atoms with Crippen molar-refractivity contribution in [3.63, 3.8) is 0 Å². The Labute approximate surface area is 102 Å². The molecule has 1 heterocycles. The summed E-state index contributed by atoms with van der Waals surface area (Å²) >= 11 is 0. The van der Waals surface area contributed by atoms with Gasteiger partial charge in [-0.05, 0) is 12.8 Å². The van der Waals surface area contributed by atoms with Crippen molar-refractivity contribution >= 4 is 5.84 Å². The molecular formula is C11H23N3O3. The first-order chi connectivity index (χ1) is 8.27. The largest absolute Gasteiger partial charge is 0.409 e. The fourth-order valence-electron chi connectivity index (χ4n) is 2.04. The van der Waals surface area contributed by atoms with Gasteiger partial charge >= 0.3 is 0 Å². The zero-order valence-corrected chi connectivity index (χ0v) is 10.5. The number of oxime groups is 1. The van der Waals surface area contributed by atoms with Crippen molar-refractivity contribution in [1.29, 1.82) is 0 Å². The van der Waals surface area contributed by atoms with E-state index in [0.717, 1.165) is 39.1 Å². The molecule has 3 N–H and O–H groups in total. The minimum absolute atomic E-state index is 0.277. The summed E-state index contributed by atoms with van der Waals surface area (Å²) in [6.07, 6.45) is 2.66. The molecule has 0 aliphatic carbocycles. The monoisotopic (exact) mass is 245 g/mol. The van der Waals surface area contributed by atoms with Gasteiger partial charge in [0.2, 0.25) is 0 Å². The predicted molar refractivity (Wildman–Crippen MR) is 65.3 cm³/mol. The van der Waals surface area contributed by atoms with Crippen LogP contribution in [0.25, 0.3) is 0 Å². The molecule has 0 aromatic heterocycles. The lowest BCUT2D eigenvalue weighted by molar-refractivity contribution is 0.0256. The van der Waals surface area contributed by atoms with Crippen molar-refractivity contribution in [2.75, 3.05) is 40.0 Å². The minimum atomic E-state index is 0.277. The molecule has 1 aliphatic heterocycles. The van der Waals surface area contributed by atoms with Crippen LogP contribution in [0.3, 0.4) is 0 Å². The fraction of sp³-hybridized carbons (Fsp3) is 0.909. The van der Waals surface area contributed by atoms with Crippen LogP contribution in [0.15, 0.2) is 5.16 Å². The lowest BCUT2D eigenvalue weighted by atomic mass is 10.1. The normalized spacial score (nSPS) is 18.8. The van der Waals surface area contributed by atoms with Crippen LogP contribution in [0.1, 0.15) is 19.3 Å². The van der Waals surface area contributed by atoms with E-state index in [9.17, 15) is 0 Å². The summed E-state index contributed by atoms with van der Waals surface area (Å²) < 4.78 is 10.5. The number of ether oxygens (including phenoxy) is 2. The van der Waals surface area contributed by atoms with E-state index in [2.05, 4.69) is 10.1 Å². The second-order valence-electron chi connectivity index (χ2n) is 4.21. The molecule has 6 nitrogen and oxygen atoms in total. The minimum Gasteiger partial charge on any atom is -0.409 e. The van der Waals surface area contributed by atoms with Gasteiger partial charge in [0.25, 0.3) is 0 Å². The van der Waals surface area contributed by atoms with Crippen LogP contribution in [0.4, 0.5) is 0 Å². The molecule has 17 heavy (non-hydrogen) atoms. The summed E-state index contributed by atoms with van der Waals surface area (Å²) in [4.78, 5) is 2.34. The van der Waals surface area contributed by atoms with Gasteiger partial charge in [0.05, 0.1) is 6.61 Å². The predicted octanol–water partition coefficient (Wildman–Crippen LogP) is 0.250. The van der Waals surface area contributed by atoms with Crippen molar-refractivity contribution in [1.82, 2.24) is 4.90 Å². The van der Waals surface area contributed by atoms with E-state index in [1.54, 1.807) is 7.11 Å². The first-order valence-electron chi connectivity index (χ1n) is 6.05. The number of hydrogen-bond donors (Lipinski definition) is 2. The first-order valence-corrected chi connectivity index (χ1v) is 6.05. The summed E-state index contributed by atoms with van der Waals surface area (Å²) in [5, 5.41) is 11.5. The maximum absolute atomic E-state index is 8.53. The third-order valence-corrected chi connectivity index (χ3v) is 3.07. The van der Waals surface area contributed by atoms with Gasteiger partial charge in [0.15, 0.2) is 0 Å². The van der Waals surface area contributed by atoms with E-state index in [1.165, 1.54) is 0 Å². The highest BCUT2D eigenvalue weighted by Crippen LogP contribution is 2.14. The lowest BCUT2D eigenvalue weighted by Crippen LogP contribution is -2.42. The molecule has 100 valence electrons. The quantitative estimate of drug-likeness (QED) is 0.291. The maximum Gasteiger partial charge on any atom is 0.140 e. The van der Waals surface area contributed by atoms with Gasteiger partial charge in [0.1, 0.15) is 5.84 Å². The number of methoxy groups -OCH3 is 1. The number of amidine groups is 1. The highest BCUT2D eigenvalue weighted by molar-refractivity contribution is 5.79. The van der Waals surface area contributed by atoms with Crippen molar-refractivity contribution < 1.29 is 14.7 Å². The Morgan fingerprint density at radius 1 is 1.47 bits per heavy atom. The van der Waals surface area contributed by atoms with Gasteiger partial charge in [-0.25, -0.2) is 0 Å². The van der Waals surface area contributed by atoms with Gasteiger partial charge in [-0.2, -0.15) is 0 Å². The first kappa shape index (κ1) is 14.2. The van der Waals surface area contributed by atoms with Crippen LogP contribution in [-0.4, -0.2) is 62.0 Å². The molecule has 1 aliphatic rings. The van der Waals surface area contributed by atoms with Crippen molar-refractivity contribution in [2.24, 2.45) is 10.9 Å². The summed E-state index contributed by atoms with van der Waals surface area (Å²) in [6, 6.07) is 0.519. The van der Waals surface area contributed by atoms with Crippen molar-refractivity contribution in [2.45, 2.75) is 25.3 Å². The van der Waals surface area contributed by atoms with Gasteiger partial charge in [-0.3, -0.25) is 4.90 Å². The lowest BCUT2D eigenvalue weighted by Gasteiger charge is -2.34. The van der Waals surface area contributed by atoms with Gasteiger partial charge < -0.3 is 20.4 Å². The van der Waals surface area contributed by atoms with E-state index >= 15 is 0 Å². The number of rotatable bonds is 7. The van der Waals surface area contributed by atoms with E-state index < -0.39 is 0 Å². The zero-order valence-electron chi connectivity index (χ0n) is 10.5. The Morgan fingerprint density at radius 2 is 2.18 bits per heavy atom. The topological polar surface area (TPSA) is 80.3 Å². The van der Waals surface area contributed by atoms with Crippen LogP contribution >= 0.6 is 0 Å². The molecular weight excluding hydrogens is 222 g/mol. The van der Waals surface area contributed by atoms with Crippen LogP contribution in [0, 0.1) is 0 Å². The molecule has 6 heteroatoms. The molecule has 0 aromatic carbocycles. The average molecular weight is 245 g/mol. The second-order valence-corrected chi connectivity index (χ2v) is 4.21. The van der Waals surface area contributed by atoms with Gasteiger partial charge in [0, 0.05) is 45.9 Å². The average Bonchev–Trinajstić information content (AvgIpc) is 2.39. The van der Waals surface area contributed by atoms with E-state index in [4.69, 9.17) is 20.4 Å². The third-order valence-electron chi connectivity index (χ3n) is 3.07. The van der Waals surface area contributed by atoms with Crippen LogP contribution in [0.2, 0.25) is 0 Å². The molecule has 0 bridgehead atoms. The van der Waals surface area contributed by atoms with Crippen LogP contribution < -0.4 is 5.73 Å². The molecule has 0 spiro atoms. The van der Waals surface area contributed by atoms with E-state index in [0.29, 0.717) is 19.1 Å². The Kier molecular flexibility index (Phi) is 6.91. The Hall–Kier alpha value is -0.850. The zero-order chi connectivity index (χ0) is 12.5. The number of hydrogen-bond acceptors (Lipinski definition) is 5. The highest BCUT2D eigenvalue weighted by atomic mass is 16.5. The third kappa shape index (κ3) is 5.34. The van der Waals surface area contributed by atoms with E-state index in [1.807, 2.05) is 0 Å². The van der Waals surface area contributed by atoms with Crippen LogP contribution in [-0.2, 0) is 9.47 Å². The van der Waals surface area contributed by atoms with Crippen molar-refractivity contribution in [3.05, 3.63) is 0 Å². The SMILES string of the molecule is COCCN(CCC(N)=NO)C1CCOCC1. The molecule has 0 unspecified atom stereocenters. The Balaban J connectivity index is 2.40. The molecule has 1 fully saturated rings. The molecule has 0 amide bonds. The summed E-state index contributed by atoms with van der Waals surface area (Å²) in [5.74, 6) is 0.277. The van der Waals surface area contributed by atoms with Gasteiger partial charge in [-0.1, -0.05) is 5.16 Å². The smallest absolute Gasteiger partial charge is 0.140 e. The fourth-order valence-corrected chi connectivity index (χ4v) is 2.04. The Bertz CT molecular complexity index is 230. The number of nitrogens with two attached hydrogens (primary N) is 1. The summed E-state index contributed by atoms with van der Waals surface area (Å²) in [5.41, 5.74) is 5.50. The Morgan fingerprint density at radius 3 is 2.76 bits per heavy atom. The molecule has 0 aromatic rings. The van der Waals surface area contributed by atoms with Gasteiger partial charge in [-0.15, -0.1) is 0 Å². The standard InChI is InChI=1S/C11H23N3O3/c1-16-9-6-14(5-2-11(12)13-15)10-3-7-17-8-4-10/h10,15H,2-9H2,1H3,(H2,12,13). The summed E-state index contributed by atoms with van der Waals surface area (Å²) in [7, 11) is 1.70. The van der Waals surface area contributed by atoms with Crippen molar-refractivity contribution in [3.8, 4) is 0 Å². The summed E-state index contributed by atoms with van der Waals surface area (Å²) in [6.45, 7) is 4.01. The highest BCUT2D eigenvalue weighted by Gasteiger charge is 2.21. The van der Waals surface area contributed by atoms with E-state index in [-0.39, 0.29) is 5.84 Å². The molecule has 1 rings (SSSR count). The number of nitrogens with zero attached hydrogens (tertiary/aromatic N) is 2. The molecule has 1 saturated heterocycles. The maximum atomic E-state index is 8.53. The second kappa shape index (κ2) is 8.27. The van der Waals surface area contributed by atoms with Crippen LogP contribution in [0.5, 0.6) is 0 Å². The molecule has 0 radical (unpaired) electrons. The molecule has 0 atom stereocenters. The molecule has 0 saturated carbocycles.